The Balaban J connectivity index is 2.18. The molecule has 2 aromatic rings. The second-order valence-corrected chi connectivity index (χ2v) is 8.35. The van der Waals surface area contributed by atoms with Crippen LogP contribution in [0.1, 0.15) is 36.8 Å². The minimum absolute atomic E-state index is 0.106. The highest BCUT2D eigenvalue weighted by atomic mass is 32.1. The summed E-state index contributed by atoms with van der Waals surface area (Å²) in [4.78, 5) is 28.4. The maximum absolute atomic E-state index is 13.1. The van der Waals surface area contributed by atoms with Crippen molar-refractivity contribution < 1.29 is 24.2 Å². The third-order valence-electron chi connectivity index (χ3n) is 4.87. The molecule has 0 aliphatic carbocycles. The summed E-state index contributed by atoms with van der Waals surface area (Å²) in [5.41, 5.74) is 1.59. The monoisotopic (exact) mass is 415 g/mol. The van der Waals surface area contributed by atoms with Gasteiger partial charge in [-0.1, -0.05) is 13.8 Å². The fraction of sp³-hybridized carbons (Fsp3) is 0.364. The van der Waals surface area contributed by atoms with Crippen LogP contribution in [0.3, 0.4) is 0 Å². The zero-order valence-electron chi connectivity index (χ0n) is 17.2. The number of aliphatic hydroxyl groups is 1. The second kappa shape index (κ2) is 8.29. The second-order valence-electron chi connectivity index (χ2n) is 7.40. The molecule has 154 valence electrons. The summed E-state index contributed by atoms with van der Waals surface area (Å²) in [6.07, 6.45) is 0.253. The van der Waals surface area contributed by atoms with Gasteiger partial charge < -0.3 is 14.6 Å². The summed E-state index contributed by atoms with van der Waals surface area (Å²) in [5, 5.41) is 12.6. The number of anilines is 1. The van der Waals surface area contributed by atoms with Gasteiger partial charge in [-0.2, -0.15) is 0 Å². The first kappa shape index (κ1) is 20.9. The minimum atomic E-state index is -0.689. The van der Waals surface area contributed by atoms with E-state index in [1.807, 2.05) is 32.2 Å². The topological polar surface area (TPSA) is 76.1 Å². The number of aliphatic hydroxyl groups excluding tert-OH is 1. The van der Waals surface area contributed by atoms with Gasteiger partial charge in [0, 0.05) is 29.5 Å². The van der Waals surface area contributed by atoms with E-state index in [2.05, 4.69) is 0 Å². The molecule has 0 fully saturated rings. The fourth-order valence-corrected chi connectivity index (χ4v) is 4.51. The number of ketones is 1. The van der Waals surface area contributed by atoms with Crippen LogP contribution in [0, 0.1) is 12.8 Å². The van der Waals surface area contributed by atoms with Crippen LogP contribution in [-0.4, -0.2) is 31.0 Å². The largest absolute Gasteiger partial charge is 0.503 e. The molecule has 1 aromatic heterocycles. The number of carbonyl (C=O) groups excluding carboxylic acids is 2. The highest BCUT2D eigenvalue weighted by molar-refractivity contribution is 7.10. The van der Waals surface area contributed by atoms with Crippen molar-refractivity contribution in [3.8, 4) is 11.5 Å². The number of benzene rings is 1. The van der Waals surface area contributed by atoms with Crippen molar-refractivity contribution in [3.63, 3.8) is 0 Å². The lowest BCUT2D eigenvalue weighted by Gasteiger charge is -2.27. The summed E-state index contributed by atoms with van der Waals surface area (Å²) in [5.74, 6) is -0.194. The molecule has 1 atom stereocenters. The Morgan fingerprint density at radius 2 is 1.83 bits per heavy atom. The average molecular weight is 416 g/mol. The van der Waals surface area contributed by atoms with E-state index in [1.54, 1.807) is 18.2 Å². The number of carbonyl (C=O) groups is 2. The minimum Gasteiger partial charge on any atom is -0.503 e. The van der Waals surface area contributed by atoms with Gasteiger partial charge in [0.25, 0.3) is 5.91 Å². The number of hydrogen-bond donors (Lipinski definition) is 1. The molecule has 1 amide bonds. The Labute approximate surface area is 174 Å². The van der Waals surface area contributed by atoms with Crippen LogP contribution in [0.4, 0.5) is 5.69 Å². The molecule has 0 bridgehead atoms. The van der Waals surface area contributed by atoms with Crippen molar-refractivity contribution in [2.75, 3.05) is 19.1 Å². The highest BCUT2D eigenvalue weighted by Gasteiger charge is 2.45. The summed E-state index contributed by atoms with van der Waals surface area (Å²) in [6, 6.07) is 6.34. The average Bonchev–Trinajstić information content (AvgIpc) is 3.21. The molecule has 1 unspecified atom stereocenters. The van der Waals surface area contributed by atoms with Crippen LogP contribution >= 0.6 is 11.3 Å². The third-order valence-corrected chi connectivity index (χ3v) is 5.94. The van der Waals surface area contributed by atoms with Gasteiger partial charge in [-0.15, -0.1) is 11.3 Å². The molecule has 3 rings (SSSR count). The van der Waals surface area contributed by atoms with Crippen LogP contribution in [-0.2, 0) is 9.59 Å². The lowest BCUT2D eigenvalue weighted by atomic mass is 9.94. The summed E-state index contributed by atoms with van der Waals surface area (Å²) < 4.78 is 10.7. The number of ether oxygens (including phenoxy) is 2. The van der Waals surface area contributed by atoms with E-state index in [1.165, 1.54) is 30.5 Å². The van der Waals surface area contributed by atoms with Crippen molar-refractivity contribution in [2.24, 2.45) is 5.92 Å². The Morgan fingerprint density at radius 1 is 1.21 bits per heavy atom. The number of rotatable bonds is 7. The van der Waals surface area contributed by atoms with E-state index in [4.69, 9.17) is 9.47 Å². The molecule has 1 N–H and O–H groups in total. The Bertz CT molecular complexity index is 953. The van der Waals surface area contributed by atoms with Gasteiger partial charge in [-0.25, -0.2) is 0 Å². The number of hydrogen-bond acceptors (Lipinski definition) is 6. The van der Waals surface area contributed by atoms with Gasteiger partial charge in [-0.3, -0.25) is 14.5 Å². The molecule has 1 aliphatic heterocycles. The molecule has 7 heteroatoms. The lowest BCUT2D eigenvalue weighted by molar-refractivity contribution is -0.118. The van der Waals surface area contributed by atoms with Crippen molar-refractivity contribution in [1.82, 2.24) is 0 Å². The van der Waals surface area contributed by atoms with Crippen molar-refractivity contribution in [3.05, 3.63) is 51.4 Å². The zero-order chi connectivity index (χ0) is 21.3. The van der Waals surface area contributed by atoms with E-state index < -0.39 is 17.7 Å². The van der Waals surface area contributed by atoms with E-state index in [-0.39, 0.29) is 23.7 Å². The van der Waals surface area contributed by atoms with E-state index in [0.717, 1.165) is 10.4 Å². The smallest absolute Gasteiger partial charge is 0.294 e. The Hall–Kier alpha value is -2.80. The molecule has 1 aliphatic rings. The number of methoxy groups -OCH3 is 2. The van der Waals surface area contributed by atoms with Gasteiger partial charge in [0.1, 0.15) is 17.5 Å². The van der Waals surface area contributed by atoms with Crippen LogP contribution in [0.2, 0.25) is 0 Å². The van der Waals surface area contributed by atoms with Crippen LogP contribution in [0.5, 0.6) is 11.5 Å². The Kier molecular flexibility index (Phi) is 5.98. The Morgan fingerprint density at radius 3 is 2.31 bits per heavy atom. The van der Waals surface area contributed by atoms with Crippen molar-refractivity contribution >= 4 is 28.7 Å². The molecule has 0 spiro atoms. The maximum atomic E-state index is 13.1. The summed E-state index contributed by atoms with van der Waals surface area (Å²) >= 11 is 1.46. The van der Waals surface area contributed by atoms with Crippen LogP contribution in [0.15, 0.2) is 41.0 Å². The first-order valence-corrected chi connectivity index (χ1v) is 10.2. The number of nitrogens with zero attached hydrogens (tertiary/aromatic N) is 1. The van der Waals surface area contributed by atoms with Gasteiger partial charge >= 0.3 is 0 Å². The molecular weight excluding hydrogens is 390 g/mol. The van der Waals surface area contributed by atoms with Gasteiger partial charge in [-0.05, 0) is 29.9 Å². The predicted octanol–water partition coefficient (Wildman–Crippen LogP) is 4.59. The fourth-order valence-electron chi connectivity index (χ4n) is 3.48. The molecule has 6 nitrogen and oxygen atoms in total. The number of amides is 1. The summed E-state index contributed by atoms with van der Waals surface area (Å²) in [7, 11) is 3.05. The van der Waals surface area contributed by atoms with Crippen LogP contribution in [0.25, 0.3) is 0 Å². The number of Topliss-reactive ketones (excluding diaryl/α,β-unsaturated/α-hetero) is 1. The zero-order valence-corrected chi connectivity index (χ0v) is 18.0. The van der Waals surface area contributed by atoms with Crippen LogP contribution < -0.4 is 14.4 Å². The normalized spacial score (nSPS) is 16.7. The third kappa shape index (κ3) is 3.87. The van der Waals surface area contributed by atoms with Gasteiger partial charge in [0.15, 0.2) is 11.5 Å². The van der Waals surface area contributed by atoms with Gasteiger partial charge in [0.2, 0.25) is 0 Å². The quantitative estimate of drug-likeness (QED) is 0.716. The molecule has 0 radical (unpaired) electrons. The predicted molar refractivity (Wildman–Crippen MR) is 113 cm³/mol. The standard InChI is InChI=1S/C22H25NO5S/c1-12(2)8-17(24)18-19(21-13(3)6-7-29-21)23(22(26)20(18)25)14-9-15(27-4)11-16(10-14)28-5/h6-7,9-12,19,25H,8H2,1-5H3. The molecule has 2 heterocycles. The first-order valence-electron chi connectivity index (χ1n) is 9.35. The number of aryl methyl sites for hydroxylation is 1. The van der Waals surface area contributed by atoms with E-state index in [0.29, 0.717) is 17.2 Å². The summed E-state index contributed by atoms with van der Waals surface area (Å²) in [6.45, 7) is 5.80. The van der Waals surface area contributed by atoms with Gasteiger partial charge in [0.05, 0.1) is 25.5 Å². The lowest BCUT2D eigenvalue weighted by Crippen LogP contribution is -2.31. The van der Waals surface area contributed by atoms with Crippen molar-refractivity contribution in [1.29, 1.82) is 0 Å². The molecule has 1 aromatic carbocycles. The van der Waals surface area contributed by atoms with E-state index >= 15 is 0 Å². The highest BCUT2D eigenvalue weighted by Crippen LogP contribution is 2.45. The molecule has 0 saturated carbocycles. The van der Waals surface area contributed by atoms with Crippen molar-refractivity contribution in [2.45, 2.75) is 33.2 Å². The number of thiophene rings is 1. The molecule has 29 heavy (non-hydrogen) atoms. The van der Waals surface area contributed by atoms with E-state index in [9.17, 15) is 14.7 Å². The first-order chi connectivity index (χ1) is 13.8. The maximum Gasteiger partial charge on any atom is 0.294 e. The molecule has 0 saturated heterocycles. The SMILES string of the molecule is COc1cc(OC)cc(N2C(=O)C(O)=C(C(=O)CC(C)C)C2c2sccc2C)c1. The molecular formula is C22H25NO5S.